The molecule has 1 aliphatic heterocycles. The number of rotatable bonds is 4. The van der Waals surface area contributed by atoms with Crippen molar-refractivity contribution in [2.75, 3.05) is 38.6 Å². The first-order valence-electron chi connectivity index (χ1n) is 7.16. The maximum atomic E-state index is 5.68. The van der Waals surface area contributed by atoms with Gasteiger partial charge in [-0.25, -0.2) is 4.98 Å². The van der Waals surface area contributed by atoms with E-state index in [4.69, 9.17) is 5.73 Å². The van der Waals surface area contributed by atoms with Gasteiger partial charge in [-0.1, -0.05) is 6.07 Å². The molecule has 19 heavy (non-hydrogen) atoms. The van der Waals surface area contributed by atoms with Crippen molar-refractivity contribution >= 4 is 5.82 Å². The monoisotopic (exact) mass is 262 g/mol. The van der Waals surface area contributed by atoms with Gasteiger partial charge in [0.05, 0.1) is 0 Å². The zero-order chi connectivity index (χ0) is 13.8. The second-order valence-electron chi connectivity index (χ2n) is 5.75. The van der Waals surface area contributed by atoms with Crippen molar-refractivity contribution in [3.05, 3.63) is 23.4 Å². The Hall–Kier alpha value is -1.13. The van der Waals surface area contributed by atoms with Crippen molar-refractivity contribution in [3.63, 3.8) is 0 Å². The largest absolute Gasteiger partial charge is 0.359 e. The van der Waals surface area contributed by atoms with Gasteiger partial charge in [-0.15, -0.1) is 0 Å². The van der Waals surface area contributed by atoms with Crippen LogP contribution in [-0.2, 0) is 6.54 Å². The highest BCUT2D eigenvalue weighted by Gasteiger charge is 2.18. The molecular formula is C15H26N4. The Bertz CT molecular complexity index is 411. The summed E-state index contributed by atoms with van der Waals surface area (Å²) in [5, 5.41) is 0. The van der Waals surface area contributed by atoms with Crippen molar-refractivity contribution in [2.24, 2.45) is 11.7 Å². The van der Waals surface area contributed by atoms with E-state index in [0.717, 1.165) is 29.5 Å². The molecule has 0 amide bonds. The van der Waals surface area contributed by atoms with Gasteiger partial charge in [0.25, 0.3) is 0 Å². The Morgan fingerprint density at radius 1 is 1.37 bits per heavy atom. The lowest BCUT2D eigenvalue weighted by molar-refractivity contribution is 0.222. The third-order valence-corrected chi connectivity index (χ3v) is 4.16. The van der Waals surface area contributed by atoms with Crippen LogP contribution in [0.2, 0.25) is 0 Å². The molecule has 1 aromatic heterocycles. The van der Waals surface area contributed by atoms with Crippen molar-refractivity contribution < 1.29 is 0 Å². The molecule has 1 aliphatic rings. The van der Waals surface area contributed by atoms with Crippen LogP contribution in [0.4, 0.5) is 5.82 Å². The molecule has 0 aliphatic carbocycles. The summed E-state index contributed by atoms with van der Waals surface area (Å²) in [6, 6.07) is 4.19. The molecule has 4 heteroatoms. The molecule has 2 heterocycles. The van der Waals surface area contributed by atoms with Crippen molar-refractivity contribution in [3.8, 4) is 0 Å². The summed E-state index contributed by atoms with van der Waals surface area (Å²) >= 11 is 0. The fourth-order valence-electron chi connectivity index (χ4n) is 2.73. The number of likely N-dealkylation sites (tertiary alicyclic amines) is 1. The third-order valence-electron chi connectivity index (χ3n) is 4.16. The fraction of sp³-hybridized carbons (Fsp3) is 0.667. The lowest BCUT2D eigenvalue weighted by atomic mass is 9.97. The molecule has 0 spiro atoms. The summed E-state index contributed by atoms with van der Waals surface area (Å²) in [7, 11) is 4.35. The summed E-state index contributed by atoms with van der Waals surface area (Å²) in [4.78, 5) is 9.35. The standard InChI is InChI=1S/C15H26N4/c1-12-14(10-16)4-5-15(17-12)19(3)11-13-6-8-18(2)9-7-13/h4-5,13H,6-11,16H2,1-3H3. The lowest BCUT2D eigenvalue weighted by Crippen LogP contribution is -2.36. The quantitative estimate of drug-likeness (QED) is 0.896. The molecular weight excluding hydrogens is 236 g/mol. The van der Waals surface area contributed by atoms with E-state index < -0.39 is 0 Å². The minimum atomic E-state index is 0.567. The summed E-state index contributed by atoms with van der Waals surface area (Å²) in [5.74, 6) is 1.85. The first kappa shape index (κ1) is 14.3. The van der Waals surface area contributed by atoms with E-state index in [0.29, 0.717) is 6.54 Å². The molecule has 0 radical (unpaired) electrons. The number of aromatic nitrogens is 1. The summed E-state index contributed by atoms with van der Waals surface area (Å²) in [6.07, 6.45) is 2.58. The average molecular weight is 262 g/mol. The van der Waals surface area contributed by atoms with E-state index in [9.17, 15) is 0 Å². The van der Waals surface area contributed by atoms with Crippen molar-refractivity contribution in [1.82, 2.24) is 9.88 Å². The zero-order valence-electron chi connectivity index (χ0n) is 12.4. The van der Waals surface area contributed by atoms with E-state index >= 15 is 0 Å². The molecule has 0 atom stereocenters. The van der Waals surface area contributed by atoms with Crippen LogP contribution < -0.4 is 10.6 Å². The number of nitrogens with two attached hydrogens (primary N) is 1. The Labute approximate surface area is 116 Å². The molecule has 106 valence electrons. The van der Waals surface area contributed by atoms with Gasteiger partial charge >= 0.3 is 0 Å². The summed E-state index contributed by atoms with van der Waals surface area (Å²) in [6.45, 7) is 6.14. The van der Waals surface area contributed by atoms with Gasteiger partial charge in [-0.05, 0) is 57.5 Å². The number of hydrogen-bond acceptors (Lipinski definition) is 4. The third kappa shape index (κ3) is 3.67. The SMILES string of the molecule is Cc1nc(N(C)CC2CCN(C)CC2)ccc1CN. The second-order valence-corrected chi connectivity index (χ2v) is 5.75. The minimum absolute atomic E-state index is 0.567. The van der Waals surface area contributed by atoms with Gasteiger partial charge < -0.3 is 15.5 Å². The fourth-order valence-corrected chi connectivity index (χ4v) is 2.73. The molecule has 0 bridgehead atoms. The molecule has 2 rings (SSSR count). The molecule has 1 fully saturated rings. The average Bonchev–Trinajstić information content (AvgIpc) is 2.41. The van der Waals surface area contributed by atoms with Crippen LogP contribution in [-0.4, -0.2) is 43.6 Å². The lowest BCUT2D eigenvalue weighted by Gasteiger charge is -2.32. The van der Waals surface area contributed by atoms with Crippen LogP contribution in [0, 0.1) is 12.8 Å². The molecule has 2 N–H and O–H groups in total. The molecule has 1 saturated heterocycles. The highest BCUT2D eigenvalue weighted by Crippen LogP contribution is 2.20. The van der Waals surface area contributed by atoms with Crippen molar-refractivity contribution in [2.45, 2.75) is 26.3 Å². The minimum Gasteiger partial charge on any atom is -0.359 e. The summed E-state index contributed by atoms with van der Waals surface area (Å²) in [5.41, 5.74) is 7.87. The predicted octanol–water partition coefficient (Wildman–Crippen LogP) is 1.63. The van der Waals surface area contributed by atoms with Crippen LogP contribution >= 0.6 is 0 Å². The smallest absolute Gasteiger partial charge is 0.128 e. The van der Waals surface area contributed by atoms with Gasteiger partial charge in [0, 0.05) is 25.8 Å². The van der Waals surface area contributed by atoms with Crippen molar-refractivity contribution in [1.29, 1.82) is 0 Å². The Balaban J connectivity index is 1.96. The van der Waals surface area contributed by atoms with E-state index in [-0.39, 0.29) is 0 Å². The van der Waals surface area contributed by atoms with E-state index in [1.807, 2.05) is 6.92 Å². The molecule has 0 saturated carbocycles. The van der Waals surface area contributed by atoms with Gasteiger partial charge in [0.15, 0.2) is 0 Å². The highest BCUT2D eigenvalue weighted by molar-refractivity contribution is 5.40. The molecule has 1 aromatic rings. The van der Waals surface area contributed by atoms with Gasteiger partial charge in [0.2, 0.25) is 0 Å². The normalized spacial score (nSPS) is 17.7. The first-order valence-corrected chi connectivity index (χ1v) is 7.16. The zero-order valence-corrected chi connectivity index (χ0v) is 12.4. The van der Waals surface area contributed by atoms with Crippen LogP contribution in [0.3, 0.4) is 0 Å². The Morgan fingerprint density at radius 3 is 2.63 bits per heavy atom. The van der Waals surface area contributed by atoms with Crippen LogP contribution in [0.5, 0.6) is 0 Å². The second kappa shape index (κ2) is 6.35. The Morgan fingerprint density at radius 2 is 2.05 bits per heavy atom. The predicted molar refractivity (Wildman–Crippen MR) is 80.4 cm³/mol. The molecule has 0 unspecified atom stereocenters. The maximum absolute atomic E-state index is 5.68. The number of piperidine rings is 1. The van der Waals surface area contributed by atoms with Gasteiger partial charge in [-0.2, -0.15) is 0 Å². The molecule has 4 nitrogen and oxygen atoms in total. The van der Waals surface area contributed by atoms with Crippen LogP contribution in [0.1, 0.15) is 24.1 Å². The summed E-state index contributed by atoms with van der Waals surface area (Å²) < 4.78 is 0. The Kier molecular flexibility index (Phi) is 4.77. The van der Waals surface area contributed by atoms with E-state index in [1.54, 1.807) is 0 Å². The van der Waals surface area contributed by atoms with Crippen LogP contribution in [0.15, 0.2) is 12.1 Å². The topological polar surface area (TPSA) is 45.4 Å². The van der Waals surface area contributed by atoms with E-state index in [1.165, 1.54) is 25.9 Å². The number of pyridine rings is 1. The molecule has 0 aromatic carbocycles. The first-order chi connectivity index (χ1) is 9.10. The highest BCUT2D eigenvalue weighted by atomic mass is 15.2. The number of nitrogens with zero attached hydrogens (tertiary/aromatic N) is 3. The van der Waals surface area contributed by atoms with Gasteiger partial charge in [0.1, 0.15) is 5.82 Å². The number of hydrogen-bond donors (Lipinski definition) is 1. The van der Waals surface area contributed by atoms with Crippen LogP contribution in [0.25, 0.3) is 0 Å². The maximum Gasteiger partial charge on any atom is 0.128 e. The number of aryl methyl sites for hydroxylation is 1. The number of anilines is 1. The van der Waals surface area contributed by atoms with Gasteiger partial charge in [-0.3, -0.25) is 0 Å². The van der Waals surface area contributed by atoms with E-state index in [2.05, 4.69) is 41.0 Å².